The first-order chi connectivity index (χ1) is 13.5. The predicted molar refractivity (Wildman–Crippen MR) is 114 cm³/mol. The van der Waals surface area contributed by atoms with Crippen LogP contribution < -0.4 is 10.8 Å². The van der Waals surface area contributed by atoms with E-state index < -0.39 is 46.6 Å². The molecule has 0 aliphatic rings. The van der Waals surface area contributed by atoms with Crippen LogP contribution in [0.25, 0.3) is 0 Å². The van der Waals surface area contributed by atoms with Crippen LogP contribution in [0, 0.1) is 22.1 Å². The first-order valence-electron chi connectivity index (χ1n) is 8.46. The molecule has 0 saturated heterocycles. The number of hydrogen-bond donors (Lipinski definition) is 4. The van der Waals surface area contributed by atoms with E-state index in [0.717, 1.165) is 15.2 Å². The fraction of sp³-hybridized carbons (Fsp3) is 0.316. The molecular weight excluding hydrogens is 521 g/mol. The smallest absolute Gasteiger partial charge is 0.277 e. The number of rotatable bonds is 7. The Kier molecular flexibility index (Phi) is 7.80. The van der Waals surface area contributed by atoms with Crippen LogP contribution in [0.15, 0.2) is 24.3 Å². The molecular formula is C19H20ClF2IN2O4. The van der Waals surface area contributed by atoms with Crippen molar-refractivity contribution < 1.29 is 28.6 Å². The van der Waals surface area contributed by atoms with Gasteiger partial charge in [0.15, 0.2) is 11.6 Å². The maximum Gasteiger partial charge on any atom is 0.277 e. The van der Waals surface area contributed by atoms with Gasteiger partial charge in [0, 0.05) is 9.26 Å². The van der Waals surface area contributed by atoms with Gasteiger partial charge in [-0.25, -0.2) is 14.3 Å². The molecule has 0 heterocycles. The lowest BCUT2D eigenvalue weighted by Gasteiger charge is -2.28. The summed E-state index contributed by atoms with van der Waals surface area (Å²) in [4.78, 5) is 17.8. The van der Waals surface area contributed by atoms with Crippen molar-refractivity contribution in [3.63, 3.8) is 0 Å². The predicted octanol–water partition coefficient (Wildman–Crippen LogP) is 4.07. The van der Waals surface area contributed by atoms with Crippen LogP contribution in [0.5, 0.6) is 0 Å². The van der Waals surface area contributed by atoms with Crippen molar-refractivity contribution in [1.82, 2.24) is 5.48 Å². The standard InChI is InChI=1S/C19H20ClF2IN2O4/c1-9-6-10(23)4-5-13(9)24-17-11(7-12(20)15(21)16(17)22)18(28)25-29-19(2,3)14(27)8-26/h4-7,14,24,26-27H,8H2,1-3H3,(H,25,28). The molecule has 0 spiro atoms. The topological polar surface area (TPSA) is 90.8 Å². The number of hydrogen-bond acceptors (Lipinski definition) is 5. The Labute approximate surface area is 185 Å². The van der Waals surface area contributed by atoms with Crippen molar-refractivity contribution in [2.45, 2.75) is 32.5 Å². The summed E-state index contributed by atoms with van der Waals surface area (Å²) in [6, 6.07) is 6.23. The zero-order valence-corrected chi connectivity index (χ0v) is 18.7. The van der Waals surface area contributed by atoms with Gasteiger partial charge >= 0.3 is 0 Å². The molecule has 0 aromatic heterocycles. The van der Waals surface area contributed by atoms with E-state index in [1.165, 1.54) is 13.8 Å². The number of halogens is 4. The van der Waals surface area contributed by atoms with E-state index in [-0.39, 0.29) is 5.56 Å². The molecule has 6 nitrogen and oxygen atoms in total. The van der Waals surface area contributed by atoms with Gasteiger partial charge in [-0.15, -0.1) is 0 Å². The van der Waals surface area contributed by atoms with Gasteiger partial charge < -0.3 is 15.5 Å². The molecule has 0 aliphatic carbocycles. The third-order valence-electron chi connectivity index (χ3n) is 4.24. The fourth-order valence-electron chi connectivity index (χ4n) is 2.32. The first kappa shape index (κ1) is 23.7. The average Bonchev–Trinajstić information content (AvgIpc) is 2.67. The molecule has 0 fully saturated rings. The number of aliphatic hydroxyl groups is 2. The Morgan fingerprint density at radius 3 is 2.55 bits per heavy atom. The molecule has 158 valence electrons. The van der Waals surface area contributed by atoms with Gasteiger partial charge in [0.25, 0.3) is 5.91 Å². The lowest BCUT2D eigenvalue weighted by Crippen LogP contribution is -2.46. The summed E-state index contributed by atoms with van der Waals surface area (Å²) in [6.07, 6.45) is -1.29. The second-order valence-corrected chi connectivity index (χ2v) is 8.48. The Hall–Kier alpha value is -1.53. The van der Waals surface area contributed by atoms with E-state index >= 15 is 0 Å². The quantitative estimate of drug-likeness (QED) is 0.242. The minimum absolute atomic E-state index is 0.305. The molecule has 1 amide bonds. The molecule has 0 radical (unpaired) electrons. The van der Waals surface area contributed by atoms with Crippen molar-refractivity contribution >= 4 is 51.5 Å². The third-order valence-corrected chi connectivity index (χ3v) is 5.18. The minimum atomic E-state index is -1.34. The highest BCUT2D eigenvalue weighted by molar-refractivity contribution is 14.1. The fourth-order valence-corrected chi connectivity index (χ4v) is 3.16. The summed E-state index contributed by atoms with van der Waals surface area (Å²) < 4.78 is 29.6. The lowest BCUT2D eigenvalue weighted by molar-refractivity contribution is -0.144. The molecule has 2 aromatic rings. The van der Waals surface area contributed by atoms with E-state index in [9.17, 15) is 18.7 Å². The summed E-state index contributed by atoms with van der Waals surface area (Å²) in [5.41, 5.74) is 1.24. The van der Waals surface area contributed by atoms with E-state index in [2.05, 4.69) is 33.4 Å². The number of carbonyl (C=O) groups excluding carboxylic acids is 1. The maximum absolute atomic E-state index is 14.6. The highest BCUT2D eigenvalue weighted by Crippen LogP contribution is 2.32. The first-order valence-corrected chi connectivity index (χ1v) is 9.91. The molecule has 0 bridgehead atoms. The number of anilines is 2. The minimum Gasteiger partial charge on any atom is -0.394 e. The monoisotopic (exact) mass is 540 g/mol. The summed E-state index contributed by atoms with van der Waals surface area (Å²) >= 11 is 7.83. The van der Waals surface area contributed by atoms with Crippen LogP contribution in [0.1, 0.15) is 29.8 Å². The number of hydroxylamine groups is 1. The number of aliphatic hydroxyl groups excluding tert-OH is 2. The molecule has 2 aromatic carbocycles. The van der Waals surface area contributed by atoms with Crippen molar-refractivity contribution in [3.05, 3.63) is 55.6 Å². The van der Waals surface area contributed by atoms with Crippen molar-refractivity contribution in [1.29, 1.82) is 0 Å². The van der Waals surface area contributed by atoms with Crippen molar-refractivity contribution in [2.75, 3.05) is 11.9 Å². The van der Waals surface area contributed by atoms with Crippen LogP contribution in [0.3, 0.4) is 0 Å². The van der Waals surface area contributed by atoms with Crippen LogP contribution >= 0.6 is 34.2 Å². The van der Waals surface area contributed by atoms with E-state index in [4.69, 9.17) is 21.5 Å². The second kappa shape index (κ2) is 9.52. The van der Waals surface area contributed by atoms with Crippen LogP contribution in [0.4, 0.5) is 20.2 Å². The van der Waals surface area contributed by atoms with Gasteiger partial charge in [-0.3, -0.25) is 9.63 Å². The number of carbonyl (C=O) groups is 1. The molecule has 1 unspecified atom stereocenters. The van der Waals surface area contributed by atoms with Gasteiger partial charge in [0.05, 0.1) is 22.9 Å². The summed E-state index contributed by atoms with van der Waals surface area (Å²) in [5.74, 6) is -3.55. The Morgan fingerprint density at radius 2 is 1.97 bits per heavy atom. The third kappa shape index (κ3) is 5.54. The molecule has 1 atom stereocenters. The molecule has 2 rings (SSSR count). The average molecular weight is 541 g/mol. The van der Waals surface area contributed by atoms with E-state index in [0.29, 0.717) is 5.69 Å². The summed E-state index contributed by atoms with van der Waals surface area (Å²) in [5, 5.41) is 20.9. The molecule has 0 saturated carbocycles. The Balaban J connectivity index is 2.39. The lowest BCUT2D eigenvalue weighted by atomic mass is 10.0. The van der Waals surface area contributed by atoms with Gasteiger partial charge in [0.1, 0.15) is 11.7 Å². The number of aryl methyl sites for hydroxylation is 1. The summed E-state index contributed by atoms with van der Waals surface area (Å²) in [7, 11) is 0. The SMILES string of the molecule is Cc1cc(I)ccc1Nc1c(C(=O)NOC(C)(C)C(O)CO)cc(Cl)c(F)c1F. The number of benzene rings is 2. The van der Waals surface area contributed by atoms with Crippen LogP contribution in [0.2, 0.25) is 5.02 Å². The van der Waals surface area contributed by atoms with Gasteiger partial charge in [-0.1, -0.05) is 11.6 Å². The van der Waals surface area contributed by atoms with Crippen LogP contribution in [-0.2, 0) is 4.84 Å². The highest BCUT2D eigenvalue weighted by Gasteiger charge is 2.31. The van der Waals surface area contributed by atoms with Crippen LogP contribution in [-0.4, -0.2) is 34.4 Å². The van der Waals surface area contributed by atoms with Crippen molar-refractivity contribution in [3.8, 4) is 0 Å². The number of nitrogens with one attached hydrogen (secondary N) is 2. The van der Waals surface area contributed by atoms with E-state index in [1.54, 1.807) is 19.1 Å². The largest absolute Gasteiger partial charge is 0.394 e. The van der Waals surface area contributed by atoms with Gasteiger partial charge in [-0.2, -0.15) is 0 Å². The van der Waals surface area contributed by atoms with Crippen molar-refractivity contribution in [2.24, 2.45) is 0 Å². The molecule has 10 heteroatoms. The summed E-state index contributed by atoms with van der Waals surface area (Å²) in [6.45, 7) is 4.04. The normalized spacial score (nSPS) is 12.6. The highest BCUT2D eigenvalue weighted by atomic mass is 127. The Bertz CT molecular complexity index is 928. The number of amides is 1. The van der Waals surface area contributed by atoms with Gasteiger partial charge in [0.2, 0.25) is 0 Å². The zero-order valence-electron chi connectivity index (χ0n) is 15.8. The second-order valence-electron chi connectivity index (χ2n) is 6.83. The zero-order chi connectivity index (χ0) is 21.9. The Morgan fingerprint density at radius 1 is 1.31 bits per heavy atom. The maximum atomic E-state index is 14.6. The molecule has 0 aliphatic heterocycles. The van der Waals surface area contributed by atoms with Gasteiger partial charge in [-0.05, 0) is 73.2 Å². The van der Waals surface area contributed by atoms with E-state index in [1.807, 2.05) is 6.07 Å². The molecule has 4 N–H and O–H groups in total. The molecule has 29 heavy (non-hydrogen) atoms.